The lowest BCUT2D eigenvalue weighted by atomic mass is 9.98. The molecule has 154 valence electrons. The van der Waals surface area contributed by atoms with Crippen molar-refractivity contribution < 1.29 is 14.0 Å². The Labute approximate surface area is 174 Å². The van der Waals surface area contributed by atoms with E-state index < -0.39 is 0 Å². The third-order valence-corrected chi connectivity index (χ3v) is 5.77. The van der Waals surface area contributed by atoms with E-state index >= 15 is 0 Å². The van der Waals surface area contributed by atoms with Gasteiger partial charge in [-0.2, -0.15) is 0 Å². The fourth-order valence-electron chi connectivity index (χ4n) is 3.99. The molecule has 2 aromatic carbocycles. The second kappa shape index (κ2) is 7.82. The van der Waals surface area contributed by atoms with Crippen LogP contribution in [0.3, 0.4) is 0 Å². The molecule has 5 nitrogen and oxygen atoms in total. The molecule has 0 fully saturated rings. The summed E-state index contributed by atoms with van der Waals surface area (Å²) in [6.45, 7) is 7.96. The number of benzene rings is 2. The Morgan fingerprint density at radius 2 is 1.73 bits per heavy atom. The van der Waals surface area contributed by atoms with Crippen LogP contribution >= 0.6 is 0 Å². The number of oxime groups is 1. The topological polar surface area (TPSA) is 75.9 Å². The molecule has 4 rings (SSSR count). The second-order valence-corrected chi connectivity index (χ2v) is 7.78. The highest BCUT2D eigenvalue weighted by Gasteiger charge is 2.22. The molecule has 2 heterocycles. The minimum atomic E-state index is -0.294. The molecule has 0 aliphatic heterocycles. The first-order chi connectivity index (χ1) is 14.5. The number of rotatable bonds is 5. The van der Waals surface area contributed by atoms with Gasteiger partial charge in [0, 0.05) is 22.1 Å². The highest BCUT2D eigenvalue weighted by atomic mass is 16.4. The maximum Gasteiger partial charge on any atom is 0.339 e. The predicted octanol–water partition coefficient (Wildman–Crippen LogP) is 6.03. The predicted molar refractivity (Wildman–Crippen MR) is 119 cm³/mol. The van der Waals surface area contributed by atoms with E-state index in [1.807, 2.05) is 57.2 Å². The van der Waals surface area contributed by atoms with E-state index in [4.69, 9.17) is 8.83 Å². The van der Waals surface area contributed by atoms with Crippen LogP contribution in [0.5, 0.6) is 0 Å². The van der Waals surface area contributed by atoms with Gasteiger partial charge in [-0.05, 0) is 51.3 Å². The Hall–Kier alpha value is -3.34. The zero-order chi connectivity index (χ0) is 21.4. The first-order valence-electron chi connectivity index (χ1n) is 10.2. The van der Waals surface area contributed by atoms with Crippen molar-refractivity contribution in [3.63, 3.8) is 0 Å². The molecule has 0 radical (unpaired) electrons. The van der Waals surface area contributed by atoms with Crippen molar-refractivity contribution in [3.05, 3.63) is 80.4 Å². The van der Waals surface area contributed by atoms with Crippen molar-refractivity contribution in [2.24, 2.45) is 5.16 Å². The zero-order valence-corrected chi connectivity index (χ0v) is 17.7. The second-order valence-electron chi connectivity index (χ2n) is 7.78. The summed E-state index contributed by atoms with van der Waals surface area (Å²) < 4.78 is 11.9. The highest BCUT2D eigenvalue weighted by Crippen LogP contribution is 2.34. The summed E-state index contributed by atoms with van der Waals surface area (Å²) in [5.41, 5.74) is 5.47. The molecule has 2 aromatic heterocycles. The van der Waals surface area contributed by atoms with Gasteiger partial charge in [-0.3, -0.25) is 0 Å². The Kier molecular flexibility index (Phi) is 5.20. The van der Waals surface area contributed by atoms with Crippen molar-refractivity contribution in [2.75, 3.05) is 0 Å². The van der Waals surface area contributed by atoms with Crippen LogP contribution in [0.15, 0.2) is 55.2 Å². The van der Waals surface area contributed by atoms with Crippen LogP contribution in [0.2, 0.25) is 0 Å². The van der Waals surface area contributed by atoms with E-state index in [2.05, 4.69) is 12.1 Å². The average molecular weight is 403 g/mol. The maximum absolute atomic E-state index is 12.7. The Bertz CT molecular complexity index is 1320. The highest BCUT2D eigenvalue weighted by molar-refractivity contribution is 6.16. The van der Waals surface area contributed by atoms with Gasteiger partial charge in [0.2, 0.25) is 0 Å². The molecular weight excluding hydrogens is 378 g/mol. The fourth-order valence-corrected chi connectivity index (χ4v) is 3.99. The number of hydrogen-bond donors (Lipinski definition) is 1. The van der Waals surface area contributed by atoms with Crippen LogP contribution < -0.4 is 5.63 Å². The van der Waals surface area contributed by atoms with E-state index in [-0.39, 0.29) is 5.63 Å². The quantitative estimate of drug-likeness (QED) is 0.191. The molecule has 4 aromatic rings. The first-order valence-corrected chi connectivity index (χ1v) is 10.2. The molecule has 0 spiro atoms. The first kappa shape index (κ1) is 20.0. The molecule has 0 aliphatic rings. The van der Waals surface area contributed by atoms with Crippen LogP contribution in [0.4, 0.5) is 0 Å². The van der Waals surface area contributed by atoms with Gasteiger partial charge >= 0.3 is 5.63 Å². The van der Waals surface area contributed by atoms with E-state index in [9.17, 15) is 10.0 Å². The number of furan rings is 1. The normalized spacial score (nSPS) is 12.2. The number of hydrogen-bond acceptors (Lipinski definition) is 5. The van der Waals surface area contributed by atoms with Crippen LogP contribution in [0, 0.1) is 20.8 Å². The average Bonchev–Trinajstić information content (AvgIpc) is 3.06. The lowest BCUT2D eigenvalue weighted by Crippen LogP contribution is -2.10. The number of unbranched alkanes of at least 4 members (excludes halogenated alkanes) is 1. The summed E-state index contributed by atoms with van der Waals surface area (Å²) in [6, 6.07) is 11.5. The van der Waals surface area contributed by atoms with Crippen LogP contribution in [-0.2, 0) is 6.42 Å². The Balaban J connectivity index is 1.95. The fraction of sp³-hybridized carbons (Fsp3) is 0.280. The summed E-state index contributed by atoms with van der Waals surface area (Å²) in [6.07, 6.45) is 2.67. The summed E-state index contributed by atoms with van der Waals surface area (Å²) in [5, 5.41) is 14.9. The molecule has 0 atom stereocenters. The molecule has 0 saturated carbocycles. The van der Waals surface area contributed by atoms with Gasteiger partial charge in [-0.1, -0.05) is 48.3 Å². The van der Waals surface area contributed by atoms with Gasteiger partial charge < -0.3 is 14.0 Å². The van der Waals surface area contributed by atoms with Crippen LogP contribution in [0.25, 0.3) is 21.9 Å². The van der Waals surface area contributed by atoms with Gasteiger partial charge in [0.25, 0.3) is 0 Å². The minimum absolute atomic E-state index is 0.294. The van der Waals surface area contributed by atoms with Crippen molar-refractivity contribution in [3.8, 4) is 0 Å². The third kappa shape index (κ3) is 3.20. The van der Waals surface area contributed by atoms with Gasteiger partial charge in [0.05, 0.1) is 5.39 Å². The van der Waals surface area contributed by atoms with Crippen molar-refractivity contribution in [1.82, 2.24) is 0 Å². The smallest absolute Gasteiger partial charge is 0.339 e. The summed E-state index contributed by atoms with van der Waals surface area (Å²) in [5.74, 6) is 0.458. The van der Waals surface area contributed by atoms with E-state index in [0.717, 1.165) is 51.4 Å². The summed E-state index contributed by atoms with van der Waals surface area (Å²) in [4.78, 5) is 12.7. The van der Waals surface area contributed by atoms with Gasteiger partial charge in [-0.25, -0.2) is 4.79 Å². The standard InChI is InChI=1S/C25H25NO4/c1-5-6-7-19-15(3)18-12-13-20-21(24(18)30-25(19)27)16(4)23(29-20)22(26-28)17-10-8-14(2)9-11-17/h8-13,28H,5-7H2,1-4H3/b26-22+. The Morgan fingerprint density at radius 3 is 2.40 bits per heavy atom. The largest absolute Gasteiger partial charge is 0.454 e. The molecular formula is C25H25NO4. The van der Waals surface area contributed by atoms with E-state index in [0.29, 0.717) is 29.1 Å². The Morgan fingerprint density at radius 1 is 1.00 bits per heavy atom. The molecule has 0 amide bonds. The SMILES string of the molecule is CCCCc1c(C)c2ccc3oc(/C(=N/O)c4ccc(C)cc4)c(C)c3c2oc1=O. The van der Waals surface area contributed by atoms with Gasteiger partial charge in [0.15, 0.2) is 11.5 Å². The third-order valence-electron chi connectivity index (χ3n) is 5.77. The lowest BCUT2D eigenvalue weighted by molar-refractivity contribution is 0.318. The summed E-state index contributed by atoms with van der Waals surface area (Å²) >= 11 is 0. The van der Waals surface area contributed by atoms with Crippen molar-refractivity contribution >= 4 is 27.7 Å². The van der Waals surface area contributed by atoms with Gasteiger partial charge in [0.1, 0.15) is 11.2 Å². The summed E-state index contributed by atoms with van der Waals surface area (Å²) in [7, 11) is 0. The number of nitrogens with zero attached hydrogens (tertiary/aromatic N) is 1. The van der Waals surface area contributed by atoms with Crippen LogP contribution in [-0.4, -0.2) is 10.9 Å². The lowest BCUT2D eigenvalue weighted by Gasteiger charge is -2.08. The minimum Gasteiger partial charge on any atom is -0.454 e. The molecule has 0 saturated heterocycles. The molecule has 5 heteroatoms. The molecule has 0 bridgehead atoms. The zero-order valence-electron chi connectivity index (χ0n) is 17.7. The molecule has 0 unspecified atom stereocenters. The molecule has 0 aliphatic carbocycles. The van der Waals surface area contributed by atoms with Gasteiger partial charge in [-0.15, -0.1) is 0 Å². The number of aryl methyl sites for hydroxylation is 3. The van der Waals surface area contributed by atoms with Crippen molar-refractivity contribution in [1.29, 1.82) is 0 Å². The van der Waals surface area contributed by atoms with Crippen LogP contribution in [0.1, 0.15) is 53.3 Å². The maximum atomic E-state index is 12.7. The molecule has 30 heavy (non-hydrogen) atoms. The van der Waals surface area contributed by atoms with Crippen molar-refractivity contribution in [2.45, 2.75) is 47.0 Å². The number of fused-ring (bicyclic) bond motifs is 3. The van der Waals surface area contributed by atoms with E-state index in [1.165, 1.54) is 0 Å². The molecule has 1 N–H and O–H groups in total. The van der Waals surface area contributed by atoms with E-state index in [1.54, 1.807) is 0 Å². The monoisotopic (exact) mass is 403 g/mol.